The van der Waals surface area contributed by atoms with E-state index in [1.165, 1.54) is 25.9 Å². The Kier molecular flexibility index (Phi) is 6.65. The van der Waals surface area contributed by atoms with Crippen molar-refractivity contribution in [3.05, 3.63) is 48.0 Å². The maximum atomic E-state index is 12.1. The summed E-state index contributed by atoms with van der Waals surface area (Å²) in [7, 11) is 0. The lowest BCUT2D eigenvalue weighted by molar-refractivity contribution is 0.147. The van der Waals surface area contributed by atoms with Crippen LogP contribution in [0.2, 0.25) is 0 Å². The summed E-state index contributed by atoms with van der Waals surface area (Å²) in [6.07, 6.45) is 4.70. The van der Waals surface area contributed by atoms with Crippen molar-refractivity contribution >= 4 is 22.6 Å². The summed E-state index contributed by atoms with van der Waals surface area (Å²) in [6.45, 7) is 7.80. The molecule has 2 aliphatic rings. The Morgan fingerprint density at radius 3 is 2.51 bits per heavy atom. The van der Waals surface area contributed by atoms with Crippen LogP contribution in [0.3, 0.4) is 0 Å². The zero-order valence-electron chi connectivity index (χ0n) is 20.5. The molecule has 7 nitrogen and oxygen atoms in total. The maximum Gasteiger partial charge on any atom is 0.319 e. The number of urea groups is 1. The van der Waals surface area contributed by atoms with E-state index < -0.39 is 0 Å². The minimum Gasteiger partial charge on any atom is -0.492 e. The molecule has 2 N–H and O–H groups in total. The van der Waals surface area contributed by atoms with E-state index in [4.69, 9.17) is 4.74 Å². The van der Waals surface area contributed by atoms with Gasteiger partial charge in [0.05, 0.1) is 16.8 Å². The Balaban J connectivity index is 1.46. The van der Waals surface area contributed by atoms with Crippen LogP contribution in [-0.4, -0.2) is 47.8 Å². The van der Waals surface area contributed by atoms with E-state index in [1.807, 2.05) is 50.2 Å². The van der Waals surface area contributed by atoms with Crippen LogP contribution in [-0.2, 0) is 0 Å². The Labute approximate surface area is 206 Å². The summed E-state index contributed by atoms with van der Waals surface area (Å²) in [4.78, 5) is 14.5. The second kappa shape index (κ2) is 10.0. The number of aromatic nitrogens is 1. The number of fused-ring (bicyclic) bond motifs is 1. The summed E-state index contributed by atoms with van der Waals surface area (Å²) in [5.74, 6) is 0.850. The number of hydrogen-bond donors (Lipinski definition) is 2. The molecule has 1 aliphatic carbocycles. The lowest BCUT2D eigenvalue weighted by atomic mass is 9.92. The summed E-state index contributed by atoms with van der Waals surface area (Å²) in [6, 6.07) is 16.5. The highest BCUT2D eigenvalue weighted by Gasteiger charge is 2.28. The van der Waals surface area contributed by atoms with Crippen LogP contribution in [0.4, 0.5) is 10.5 Å². The first kappa shape index (κ1) is 23.3. The van der Waals surface area contributed by atoms with Gasteiger partial charge in [-0.15, -0.1) is 0 Å². The van der Waals surface area contributed by atoms with E-state index in [9.17, 15) is 10.1 Å². The highest BCUT2D eigenvalue weighted by Crippen LogP contribution is 2.43. The number of rotatable bonds is 8. The van der Waals surface area contributed by atoms with Gasteiger partial charge in [-0.1, -0.05) is 12.1 Å². The number of hydrogen-bond acceptors (Lipinski definition) is 4. The topological polar surface area (TPSA) is 82.3 Å². The molecule has 182 valence electrons. The van der Waals surface area contributed by atoms with Gasteiger partial charge in [-0.3, -0.25) is 4.90 Å². The molecule has 0 bridgehead atoms. The van der Waals surface area contributed by atoms with Gasteiger partial charge in [0.1, 0.15) is 18.4 Å². The molecule has 7 heteroatoms. The molecule has 2 aromatic carbocycles. The van der Waals surface area contributed by atoms with Crippen molar-refractivity contribution in [1.82, 2.24) is 14.8 Å². The van der Waals surface area contributed by atoms with Crippen LogP contribution in [0.5, 0.6) is 5.75 Å². The predicted octanol–water partition coefficient (Wildman–Crippen LogP) is 5.52. The molecule has 1 saturated heterocycles. The van der Waals surface area contributed by atoms with Crippen molar-refractivity contribution in [2.45, 2.75) is 51.6 Å². The fraction of sp³-hybridized carbons (Fsp3) is 0.429. The largest absolute Gasteiger partial charge is 0.492 e. The normalized spacial score (nSPS) is 15.9. The SMILES string of the molecule is CC(C)NC(=O)Nc1ccc(-c2c(C#N)c3ccc(OCCN4CCC4)cc3n2C2CCC2)cc1. The molecule has 0 atom stereocenters. The molecule has 0 unspecified atom stereocenters. The zero-order valence-corrected chi connectivity index (χ0v) is 20.5. The Bertz CT molecular complexity index is 1250. The smallest absolute Gasteiger partial charge is 0.319 e. The molecular formula is C28H33N5O2. The Morgan fingerprint density at radius 2 is 1.91 bits per heavy atom. The summed E-state index contributed by atoms with van der Waals surface area (Å²) in [5.41, 5.74) is 4.39. The second-order valence-corrected chi connectivity index (χ2v) is 9.84. The lowest BCUT2D eigenvalue weighted by Crippen LogP contribution is -2.39. The molecule has 0 spiro atoms. The van der Waals surface area contributed by atoms with Crippen LogP contribution in [0.1, 0.15) is 51.1 Å². The number of anilines is 1. The lowest BCUT2D eigenvalue weighted by Gasteiger charge is -2.30. The average molecular weight is 472 g/mol. The van der Waals surface area contributed by atoms with Gasteiger partial charge in [0.25, 0.3) is 0 Å². The van der Waals surface area contributed by atoms with Gasteiger partial charge < -0.3 is 19.9 Å². The van der Waals surface area contributed by atoms with Crippen molar-refractivity contribution in [2.24, 2.45) is 0 Å². The number of likely N-dealkylation sites (tertiary alicyclic amines) is 1. The number of benzene rings is 2. The molecule has 1 aromatic heterocycles. The van der Waals surface area contributed by atoms with E-state index in [0.717, 1.165) is 53.0 Å². The average Bonchev–Trinajstić information content (AvgIpc) is 3.07. The van der Waals surface area contributed by atoms with Crippen molar-refractivity contribution in [3.8, 4) is 23.1 Å². The predicted molar refractivity (Wildman–Crippen MR) is 139 cm³/mol. The quantitative estimate of drug-likeness (QED) is 0.453. The van der Waals surface area contributed by atoms with Crippen LogP contribution in [0, 0.1) is 11.3 Å². The first-order valence-electron chi connectivity index (χ1n) is 12.6. The summed E-state index contributed by atoms with van der Waals surface area (Å²) < 4.78 is 8.43. The molecule has 5 rings (SSSR count). The molecule has 2 heterocycles. The molecule has 0 radical (unpaired) electrons. The minimum atomic E-state index is -0.226. The first-order chi connectivity index (χ1) is 17.0. The number of amides is 2. The Morgan fingerprint density at radius 1 is 1.14 bits per heavy atom. The van der Waals surface area contributed by atoms with Gasteiger partial charge in [-0.05, 0) is 82.4 Å². The molecule has 1 saturated carbocycles. The highest BCUT2D eigenvalue weighted by molar-refractivity contribution is 5.96. The van der Waals surface area contributed by atoms with E-state index in [2.05, 4.69) is 32.2 Å². The van der Waals surface area contributed by atoms with Crippen LogP contribution in [0.15, 0.2) is 42.5 Å². The molecule has 35 heavy (non-hydrogen) atoms. The van der Waals surface area contributed by atoms with E-state index >= 15 is 0 Å². The maximum absolute atomic E-state index is 12.1. The minimum absolute atomic E-state index is 0.0650. The van der Waals surface area contributed by atoms with Gasteiger partial charge in [0, 0.05) is 35.8 Å². The Hall–Kier alpha value is -3.50. The molecular weight excluding hydrogens is 438 g/mol. The van der Waals surface area contributed by atoms with Crippen molar-refractivity contribution in [3.63, 3.8) is 0 Å². The van der Waals surface area contributed by atoms with Crippen LogP contribution < -0.4 is 15.4 Å². The van der Waals surface area contributed by atoms with E-state index in [0.29, 0.717) is 18.2 Å². The number of carbonyl (C=O) groups excluding carboxylic acids is 1. The first-order valence-corrected chi connectivity index (χ1v) is 12.6. The fourth-order valence-corrected chi connectivity index (χ4v) is 4.84. The molecule has 1 aliphatic heterocycles. The van der Waals surface area contributed by atoms with Gasteiger partial charge in [-0.2, -0.15) is 5.26 Å². The number of nitrogens with zero attached hydrogens (tertiary/aromatic N) is 3. The number of ether oxygens (including phenoxy) is 1. The van der Waals surface area contributed by atoms with Crippen LogP contribution >= 0.6 is 0 Å². The van der Waals surface area contributed by atoms with Gasteiger partial charge in [0.2, 0.25) is 0 Å². The van der Waals surface area contributed by atoms with Crippen molar-refractivity contribution in [1.29, 1.82) is 5.26 Å². The van der Waals surface area contributed by atoms with E-state index in [-0.39, 0.29) is 12.1 Å². The van der Waals surface area contributed by atoms with Gasteiger partial charge in [0.15, 0.2) is 0 Å². The van der Waals surface area contributed by atoms with E-state index in [1.54, 1.807) is 0 Å². The van der Waals surface area contributed by atoms with Crippen LogP contribution in [0.25, 0.3) is 22.2 Å². The summed E-state index contributed by atoms with van der Waals surface area (Å²) in [5, 5.41) is 16.8. The number of nitrogens with one attached hydrogen (secondary N) is 2. The standard InChI is InChI=1S/C28H33N5O2/c1-19(2)30-28(34)31-21-9-7-20(8-10-21)27-25(18-29)24-12-11-23(35-16-15-32-13-4-14-32)17-26(24)33(27)22-5-3-6-22/h7-12,17,19,22H,3-6,13-16H2,1-2H3,(H2,30,31,34). The third-order valence-corrected chi connectivity index (χ3v) is 6.99. The van der Waals surface area contributed by atoms with Crippen molar-refractivity contribution in [2.75, 3.05) is 31.6 Å². The summed E-state index contributed by atoms with van der Waals surface area (Å²) >= 11 is 0. The number of nitriles is 1. The fourth-order valence-electron chi connectivity index (χ4n) is 4.84. The number of carbonyl (C=O) groups is 1. The third-order valence-electron chi connectivity index (χ3n) is 6.99. The van der Waals surface area contributed by atoms with Gasteiger partial charge >= 0.3 is 6.03 Å². The molecule has 2 amide bonds. The third kappa shape index (κ3) is 4.85. The van der Waals surface area contributed by atoms with Crippen molar-refractivity contribution < 1.29 is 9.53 Å². The highest BCUT2D eigenvalue weighted by atomic mass is 16.5. The van der Waals surface area contributed by atoms with Gasteiger partial charge in [-0.25, -0.2) is 4.79 Å². The zero-order chi connectivity index (χ0) is 24.4. The molecule has 2 fully saturated rings. The molecule has 3 aromatic rings. The monoisotopic (exact) mass is 471 g/mol. The second-order valence-electron chi connectivity index (χ2n) is 9.84.